The molecule has 1 fully saturated rings. The lowest BCUT2D eigenvalue weighted by atomic mass is 10.2. The van der Waals surface area contributed by atoms with Crippen LogP contribution in [0.4, 0.5) is 11.6 Å². The van der Waals surface area contributed by atoms with E-state index in [1.54, 1.807) is 28.6 Å². The number of sulfonamides is 1. The molecule has 7 heteroatoms. The molecule has 3 rings (SSSR count). The first-order valence-corrected chi connectivity index (χ1v) is 9.59. The van der Waals surface area contributed by atoms with E-state index in [2.05, 4.69) is 15.3 Å². The summed E-state index contributed by atoms with van der Waals surface area (Å²) >= 11 is 0. The van der Waals surface area contributed by atoms with E-state index in [0.717, 1.165) is 36.3 Å². The molecule has 0 spiro atoms. The Balaban J connectivity index is 1.77. The predicted octanol–water partition coefficient (Wildman–Crippen LogP) is 3.01. The SMILES string of the molecule is Cc1cc(C)nc(Nc2ccc(S(=O)(=O)N3CCCCC3)cc2)n1. The van der Waals surface area contributed by atoms with Crippen molar-refractivity contribution in [1.82, 2.24) is 14.3 Å². The Morgan fingerprint density at radius 2 is 1.54 bits per heavy atom. The van der Waals surface area contributed by atoms with Gasteiger partial charge < -0.3 is 5.32 Å². The van der Waals surface area contributed by atoms with Gasteiger partial charge in [0.1, 0.15) is 0 Å². The highest BCUT2D eigenvalue weighted by Gasteiger charge is 2.25. The number of aryl methyl sites for hydroxylation is 2. The molecule has 2 aromatic rings. The normalized spacial score (nSPS) is 16.1. The molecule has 1 aromatic carbocycles. The van der Waals surface area contributed by atoms with Crippen molar-refractivity contribution in [3.8, 4) is 0 Å². The Labute approximate surface area is 143 Å². The molecule has 0 unspecified atom stereocenters. The average molecular weight is 346 g/mol. The summed E-state index contributed by atoms with van der Waals surface area (Å²) in [6.45, 7) is 5.04. The van der Waals surface area contributed by atoms with Crippen LogP contribution in [0.5, 0.6) is 0 Å². The molecular formula is C17H22N4O2S. The third-order valence-corrected chi connectivity index (χ3v) is 5.96. The van der Waals surface area contributed by atoms with E-state index in [9.17, 15) is 8.42 Å². The Kier molecular flexibility index (Phi) is 4.82. The van der Waals surface area contributed by atoms with Crippen LogP contribution in [-0.4, -0.2) is 35.8 Å². The van der Waals surface area contributed by atoms with Gasteiger partial charge in [-0.1, -0.05) is 6.42 Å². The second-order valence-electron chi connectivity index (χ2n) is 6.09. The number of anilines is 2. The Morgan fingerprint density at radius 3 is 2.12 bits per heavy atom. The van der Waals surface area contributed by atoms with Crippen molar-refractivity contribution in [2.75, 3.05) is 18.4 Å². The largest absolute Gasteiger partial charge is 0.324 e. The van der Waals surface area contributed by atoms with Crippen LogP contribution < -0.4 is 5.32 Å². The molecule has 0 amide bonds. The lowest BCUT2D eigenvalue weighted by Gasteiger charge is -2.25. The van der Waals surface area contributed by atoms with Gasteiger partial charge in [0.05, 0.1) is 4.90 Å². The minimum atomic E-state index is -3.39. The molecule has 0 saturated carbocycles. The summed E-state index contributed by atoms with van der Waals surface area (Å²) in [4.78, 5) is 8.98. The first kappa shape index (κ1) is 16.9. The zero-order valence-electron chi connectivity index (χ0n) is 14.0. The van der Waals surface area contributed by atoms with Crippen LogP contribution in [0, 0.1) is 13.8 Å². The Morgan fingerprint density at radius 1 is 0.958 bits per heavy atom. The van der Waals surface area contributed by atoms with E-state index in [0.29, 0.717) is 23.9 Å². The minimum Gasteiger partial charge on any atom is -0.324 e. The molecule has 1 aromatic heterocycles. The number of hydrogen-bond acceptors (Lipinski definition) is 5. The van der Waals surface area contributed by atoms with Gasteiger partial charge in [-0.05, 0) is 57.0 Å². The fourth-order valence-electron chi connectivity index (χ4n) is 2.88. The number of nitrogens with one attached hydrogen (secondary N) is 1. The number of hydrogen-bond donors (Lipinski definition) is 1. The molecule has 1 saturated heterocycles. The van der Waals surface area contributed by atoms with Crippen molar-refractivity contribution < 1.29 is 8.42 Å². The van der Waals surface area contributed by atoms with Crippen LogP contribution in [0.3, 0.4) is 0 Å². The smallest absolute Gasteiger partial charge is 0.243 e. The van der Waals surface area contributed by atoms with E-state index < -0.39 is 10.0 Å². The molecule has 0 atom stereocenters. The van der Waals surface area contributed by atoms with Gasteiger partial charge in [0.25, 0.3) is 0 Å². The summed E-state index contributed by atoms with van der Waals surface area (Å²) in [5, 5.41) is 3.11. The number of rotatable bonds is 4. The highest BCUT2D eigenvalue weighted by atomic mass is 32.2. The van der Waals surface area contributed by atoms with Crippen LogP contribution in [0.25, 0.3) is 0 Å². The zero-order valence-corrected chi connectivity index (χ0v) is 14.8. The van der Waals surface area contributed by atoms with Gasteiger partial charge in [-0.2, -0.15) is 4.31 Å². The topological polar surface area (TPSA) is 75.2 Å². The van der Waals surface area contributed by atoms with E-state index in [1.807, 2.05) is 19.9 Å². The van der Waals surface area contributed by atoms with Crippen LogP contribution >= 0.6 is 0 Å². The van der Waals surface area contributed by atoms with Crippen molar-refractivity contribution in [2.24, 2.45) is 0 Å². The number of nitrogens with zero attached hydrogens (tertiary/aromatic N) is 3. The second-order valence-corrected chi connectivity index (χ2v) is 8.03. The zero-order chi connectivity index (χ0) is 17.2. The lowest BCUT2D eigenvalue weighted by Crippen LogP contribution is -2.35. The molecule has 24 heavy (non-hydrogen) atoms. The van der Waals surface area contributed by atoms with E-state index >= 15 is 0 Å². The summed E-state index contributed by atoms with van der Waals surface area (Å²) in [6.07, 6.45) is 2.97. The molecular weight excluding hydrogens is 324 g/mol. The van der Waals surface area contributed by atoms with Crippen molar-refractivity contribution >= 4 is 21.7 Å². The monoisotopic (exact) mass is 346 g/mol. The van der Waals surface area contributed by atoms with Gasteiger partial charge in [-0.3, -0.25) is 0 Å². The van der Waals surface area contributed by atoms with Gasteiger partial charge in [-0.15, -0.1) is 0 Å². The van der Waals surface area contributed by atoms with Crippen LogP contribution in [-0.2, 0) is 10.0 Å². The average Bonchev–Trinajstić information content (AvgIpc) is 2.55. The van der Waals surface area contributed by atoms with Crippen LogP contribution in [0.1, 0.15) is 30.7 Å². The number of benzene rings is 1. The first-order chi connectivity index (χ1) is 11.4. The predicted molar refractivity (Wildman–Crippen MR) is 93.8 cm³/mol. The van der Waals surface area contributed by atoms with Gasteiger partial charge in [-0.25, -0.2) is 18.4 Å². The quantitative estimate of drug-likeness (QED) is 0.921. The third kappa shape index (κ3) is 3.73. The van der Waals surface area contributed by atoms with Gasteiger partial charge >= 0.3 is 0 Å². The molecule has 0 radical (unpaired) electrons. The molecule has 0 bridgehead atoms. The molecule has 6 nitrogen and oxygen atoms in total. The molecule has 0 aliphatic carbocycles. The van der Waals surface area contributed by atoms with E-state index in [1.165, 1.54) is 0 Å². The summed E-state index contributed by atoms with van der Waals surface area (Å²) in [7, 11) is -3.39. The summed E-state index contributed by atoms with van der Waals surface area (Å²) in [6, 6.07) is 8.67. The summed E-state index contributed by atoms with van der Waals surface area (Å²) in [5.41, 5.74) is 2.53. The van der Waals surface area contributed by atoms with Crippen molar-refractivity contribution in [3.05, 3.63) is 41.7 Å². The Bertz CT molecular complexity index is 793. The van der Waals surface area contributed by atoms with Gasteiger partial charge in [0.2, 0.25) is 16.0 Å². The van der Waals surface area contributed by atoms with Gasteiger partial charge in [0.15, 0.2) is 0 Å². The maximum atomic E-state index is 12.6. The molecule has 128 valence electrons. The Hall–Kier alpha value is -1.99. The highest BCUT2D eigenvalue weighted by Crippen LogP contribution is 2.22. The van der Waals surface area contributed by atoms with E-state index in [-0.39, 0.29) is 0 Å². The van der Waals surface area contributed by atoms with Gasteiger partial charge in [0, 0.05) is 30.2 Å². The van der Waals surface area contributed by atoms with Crippen LogP contribution in [0.2, 0.25) is 0 Å². The number of aromatic nitrogens is 2. The summed E-state index contributed by atoms with van der Waals surface area (Å²) in [5.74, 6) is 0.513. The first-order valence-electron chi connectivity index (χ1n) is 8.15. The summed E-state index contributed by atoms with van der Waals surface area (Å²) < 4.78 is 26.8. The number of piperidine rings is 1. The maximum absolute atomic E-state index is 12.6. The van der Waals surface area contributed by atoms with Crippen molar-refractivity contribution in [3.63, 3.8) is 0 Å². The highest BCUT2D eigenvalue weighted by molar-refractivity contribution is 7.89. The standard InChI is InChI=1S/C17H22N4O2S/c1-13-12-14(2)19-17(18-13)20-15-6-8-16(9-7-15)24(22,23)21-10-4-3-5-11-21/h6-9,12H,3-5,10-11H2,1-2H3,(H,18,19,20). The molecule has 2 heterocycles. The molecule has 1 aliphatic rings. The van der Waals surface area contributed by atoms with E-state index in [4.69, 9.17) is 0 Å². The molecule has 1 N–H and O–H groups in total. The molecule has 1 aliphatic heterocycles. The lowest BCUT2D eigenvalue weighted by molar-refractivity contribution is 0.346. The minimum absolute atomic E-state index is 0.330. The fraction of sp³-hybridized carbons (Fsp3) is 0.412. The second kappa shape index (κ2) is 6.86. The maximum Gasteiger partial charge on any atom is 0.243 e. The van der Waals surface area contributed by atoms with Crippen LogP contribution in [0.15, 0.2) is 35.2 Å². The van der Waals surface area contributed by atoms with Crippen molar-refractivity contribution in [2.45, 2.75) is 38.0 Å². The van der Waals surface area contributed by atoms with Crippen molar-refractivity contribution in [1.29, 1.82) is 0 Å². The fourth-order valence-corrected chi connectivity index (χ4v) is 4.39. The third-order valence-electron chi connectivity index (χ3n) is 4.05.